The SMILES string of the molecule is COc1cccc(Cc2nsc(N3CCC(CNC(=O)c4ccc(F)cc4)CC3)n2)c1. The molecule has 2 aromatic carbocycles. The van der Waals surface area contributed by atoms with Gasteiger partial charge in [-0.05, 0) is 60.7 Å². The van der Waals surface area contributed by atoms with Gasteiger partial charge in [-0.25, -0.2) is 9.37 Å². The van der Waals surface area contributed by atoms with Crippen LogP contribution in [0, 0.1) is 11.7 Å². The van der Waals surface area contributed by atoms with Crippen molar-refractivity contribution >= 4 is 22.6 Å². The average molecular weight is 441 g/mol. The first-order valence-electron chi connectivity index (χ1n) is 10.3. The Morgan fingerprint density at radius 2 is 2.00 bits per heavy atom. The molecule has 1 aliphatic rings. The Balaban J connectivity index is 1.25. The molecule has 2 heterocycles. The molecule has 1 N–H and O–H groups in total. The largest absolute Gasteiger partial charge is 0.497 e. The smallest absolute Gasteiger partial charge is 0.251 e. The monoisotopic (exact) mass is 440 g/mol. The van der Waals surface area contributed by atoms with Crippen LogP contribution in [0.5, 0.6) is 5.75 Å². The molecule has 1 aliphatic heterocycles. The van der Waals surface area contributed by atoms with Crippen LogP contribution in [0.1, 0.15) is 34.6 Å². The Labute approximate surface area is 185 Å². The minimum Gasteiger partial charge on any atom is -0.497 e. The van der Waals surface area contributed by atoms with Crippen molar-refractivity contribution in [2.75, 3.05) is 31.6 Å². The molecule has 1 aromatic heterocycles. The van der Waals surface area contributed by atoms with Crippen molar-refractivity contribution in [3.05, 3.63) is 71.3 Å². The molecule has 1 amide bonds. The summed E-state index contributed by atoms with van der Waals surface area (Å²) < 4.78 is 22.8. The molecule has 0 aliphatic carbocycles. The average Bonchev–Trinajstić information content (AvgIpc) is 3.27. The maximum atomic E-state index is 13.0. The lowest BCUT2D eigenvalue weighted by Gasteiger charge is -2.31. The highest BCUT2D eigenvalue weighted by Crippen LogP contribution is 2.25. The van der Waals surface area contributed by atoms with Gasteiger partial charge >= 0.3 is 0 Å². The number of anilines is 1. The molecule has 3 aromatic rings. The van der Waals surface area contributed by atoms with Gasteiger partial charge in [0, 0.05) is 43.2 Å². The Kier molecular flexibility index (Phi) is 6.76. The number of rotatable bonds is 7. The number of methoxy groups -OCH3 is 1. The second kappa shape index (κ2) is 9.87. The lowest BCUT2D eigenvalue weighted by Crippen LogP contribution is -2.38. The van der Waals surface area contributed by atoms with Crippen molar-refractivity contribution in [1.82, 2.24) is 14.7 Å². The van der Waals surface area contributed by atoms with Gasteiger partial charge in [0.15, 0.2) is 0 Å². The van der Waals surface area contributed by atoms with Crippen molar-refractivity contribution in [3.8, 4) is 5.75 Å². The van der Waals surface area contributed by atoms with E-state index in [2.05, 4.69) is 20.7 Å². The molecule has 6 nitrogen and oxygen atoms in total. The topological polar surface area (TPSA) is 67.3 Å². The number of hydrogen-bond donors (Lipinski definition) is 1. The molecule has 0 saturated carbocycles. The summed E-state index contributed by atoms with van der Waals surface area (Å²) in [5, 5.41) is 3.92. The van der Waals surface area contributed by atoms with Crippen LogP contribution in [-0.4, -0.2) is 42.0 Å². The van der Waals surface area contributed by atoms with E-state index in [0.29, 0.717) is 24.4 Å². The number of carbonyl (C=O) groups is 1. The van der Waals surface area contributed by atoms with Gasteiger partial charge in [0.2, 0.25) is 5.13 Å². The second-order valence-corrected chi connectivity index (χ2v) is 8.40. The maximum Gasteiger partial charge on any atom is 0.251 e. The number of ether oxygens (including phenoxy) is 1. The third-order valence-electron chi connectivity index (χ3n) is 5.50. The lowest BCUT2D eigenvalue weighted by molar-refractivity contribution is 0.0945. The summed E-state index contributed by atoms with van der Waals surface area (Å²) >= 11 is 1.44. The van der Waals surface area contributed by atoms with Gasteiger partial charge < -0.3 is 15.0 Å². The van der Waals surface area contributed by atoms with E-state index in [1.54, 1.807) is 7.11 Å². The van der Waals surface area contributed by atoms with Gasteiger partial charge in [0.05, 0.1) is 7.11 Å². The molecule has 0 unspecified atom stereocenters. The molecule has 162 valence electrons. The highest BCUT2D eigenvalue weighted by molar-refractivity contribution is 7.09. The van der Waals surface area contributed by atoms with Gasteiger partial charge in [0.25, 0.3) is 5.91 Å². The van der Waals surface area contributed by atoms with E-state index in [9.17, 15) is 9.18 Å². The van der Waals surface area contributed by atoms with Crippen LogP contribution in [0.15, 0.2) is 48.5 Å². The van der Waals surface area contributed by atoms with E-state index in [1.165, 1.54) is 35.8 Å². The van der Waals surface area contributed by atoms with E-state index < -0.39 is 0 Å². The predicted octanol–water partition coefficient (Wildman–Crippen LogP) is 3.92. The Bertz CT molecular complexity index is 1020. The van der Waals surface area contributed by atoms with E-state index in [0.717, 1.165) is 48.2 Å². The summed E-state index contributed by atoms with van der Waals surface area (Å²) in [6.07, 6.45) is 2.64. The number of aromatic nitrogens is 2. The second-order valence-electron chi connectivity index (χ2n) is 7.67. The summed E-state index contributed by atoms with van der Waals surface area (Å²) in [6.45, 7) is 2.41. The minimum absolute atomic E-state index is 0.159. The molecule has 0 atom stereocenters. The third-order valence-corrected chi connectivity index (χ3v) is 6.31. The van der Waals surface area contributed by atoms with Crippen LogP contribution < -0.4 is 15.0 Å². The summed E-state index contributed by atoms with van der Waals surface area (Å²) in [4.78, 5) is 19.2. The highest BCUT2D eigenvalue weighted by atomic mass is 32.1. The molecule has 0 radical (unpaired) electrons. The van der Waals surface area contributed by atoms with Gasteiger partial charge in [0.1, 0.15) is 17.4 Å². The summed E-state index contributed by atoms with van der Waals surface area (Å²) in [7, 11) is 1.66. The van der Waals surface area contributed by atoms with Crippen LogP contribution in [0.3, 0.4) is 0 Å². The van der Waals surface area contributed by atoms with Crippen LogP contribution >= 0.6 is 11.5 Å². The van der Waals surface area contributed by atoms with Crippen LogP contribution in [0.25, 0.3) is 0 Å². The molecule has 1 saturated heterocycles. The van der Waals surface area contributed by atoms with E-state index in [1.807, 2.05) is 18.2 Å². The van der Waals surface area contributed by atoms with Crippen molar-refractivity contribution < 1.29 is 13.9 Å². The van der Waals surface area contributed by atoms with Crippen molar-refractivity contribution in [2.24, 2.45) is 5.92 Å². The van der Waals surface area contributed by atoms with E-state index in [4.69, 9.17) is 9.72 Å². The number of amides is 1. The zero-order valence-corrected chi connectivity index (χ0v) is 18.2. The summed E-state index contributed by atoms with van der Waals surface area (Å²) in [6, 6.07) is 13.6. The molecule has 1 fully saturated rings. The number of carbonyl (C=O) groups excluding carboxylic acids is 1. The van der Waals surface area contributed by atoms with Crippen molar-refractivity contribution in [1.29, 1.82) is 0 Å². The first-order chi connectivity index (χ1) is 15.1. The normalized spacial score (nSPS) is 14.5. The lowest BCUT2D eigenvalue weighted by atomic mass is 9.97. The van der Waals surface area contributed by atoms with Crippen LogP contribution in [0.2, 0.25) is 0 Å². The summed E-state index contributed by atoms with van der Waals surface area (Å²) in [5.41, 5.74) is 1.61. The van der Waals surface area contributed by atoms with Gasteiger partial charge in [-0.2, -0.15) is 4.37 Å². The molecule has 4 rings (SSSR count). The van der Waals surface area contributed by atoms with E-state index in [-0.39, 0.29) is 11.7 Å². The number of benzene rings is 2. The zero-order valence-electron chi connectivity index (χ0n) is 17.4. The fraction of sp³-hybridized carbons (Fsp3) is 0.348. The molecule has 31 heavy (non-hydrogen) atoms. The molecule has 0 spiro atoms. The standard InChI is InChI=1S/C23H25FN4O2S/c1-30-20-4-2-3-17(13-20)14-21-26-23(31-27-21)28-11-9-16(10-12-28)15-25-22(29)18-5-7-19(24)8-6-18/h2-8,13,16H,9-12,14-15H2,1H3,(H,25,29). The Morgan fingerprint density at radius 1 is 1.23 bits per heavy atom. The van der Waals surface area contributed by atoms with Gasteiger partial charge in [-0.1, -0.05) is 12.1 Å². The first-order valence-corrected chi connectivity index (χ1v) is 11.1. The maximum absolute atomic E-state index is 13.0. The molecular weight excluding hydrogens is 415 g/mol. The fourth-order valence-electron chi connectivity index (χ4n) is 3.68. The first kappa shape index (κ1) is 21.2. The van der Waals surface area contributed by atoms with Crippen molar-refractivity contribution in [2.45, 2.75) is 19.3 Å². The molecule has 0 bridgehead atoms. The predicted molar refractivity (Wildman–Crippen MR) is 119 cm³/mol. The van der Waals surface area contributed by atoms with Crippen molar-refractivity contribution in [3.63, 3.8) is 0 Å². The zero-order chi connectivity index (χ0) is 21.6. The number of nitrogens with one attached hydrogen (secondary N) is 1. The quantitative estimate of drug-likeness (QED) is 0.603. The van der Waals surface area contributed by atoms with Gasteiger partial charge in [-0.3, -0.25) is 4.79 Å². The fourth-order valence-corrected chi connectivity index (χ4v) is 4.42. The van der Waals surface area contributed by atoms with E-state index >= 15 is 0 Å². The molecule has 8 heteroatoms. The van der Waals surface area contributed by atoms with Gasteiger partial charge in [-0.15, -0.1) is 0 Å². The number of piperidine rings is 1. The molecular formula is C23H25FN4O2S. The number of halogens is 1. The Hall–Kier alpha value is -3.00. The van der Waals surface area contributed by atoms with Crippen LogP contribution in [0.4, 0.5) is 9.52 Å². The third kappa shape index (κ3) is 5.58. The minimum atomic E-state index is -0.341. The number of hydrogen-bond acceptors (Lipinski definition) is 6. The Morgan fingerprint density at radius 3 is 2.74 bits per heavy atom. The summed E-state index contributed by atoms with van der Waals surface area (Å²) in [5.74, 6) is 1.58. The number of nitrogens with zero attached hydrogens (tertiary/aromatic N) is 3. The highest BCUT2D eigenvalue weighted by Gasteiger charge is 2.22. The van der Waals surface area contributed by atoms with Crippen LogP contribution in [-0.2, 0) is 6.42 Å².